The fraction of sp³-hybridized carbons (Fsp3) is 0.259. The van der Waals surface area contributed by atoms with Gasteiger partial charge < -0.3 is 10.2 Å². The molecule has 0 atom stereocenters. The molecule has 0 radical (unpaired) electrons. The van der Waals surface area contributed by atoms with Crippen molar-refractivity contribution in [2.45, 2.75) is 11.8 Å². The number of carbonyl (C=O) groups excluding carboxylic acids is 1. The Hall–Kier alpha value is -3.61. The Morgan fingerprint density at radius 3 is 2.51 bits per heavy atom. The maximum Gasteiger partial charge on any atom is 0.261 e. The number of fused-ring (bicyclic) bond motifs is 1. The summed E-state index contributed by atoms with van der Waals surface area (Å²) in [5.41, 5.74) is 1.80. The molecule has 0 aliphatic carbocycles. The van der Waals surface area contributed by atoms with E-state index in [2.05, 4.69) is 24.8 Å². The summed E-state index contributed by atoms with van der Waals surface area (Å²) in [6.45, 7) is 5.77. The molecule has 5 rings (SSSR count). The number of amides is 1. The molecule has 3 aromatic carbocycles. The third kappa shape index (κ3) is 6.35. The van der Waals surface area contributed by atoms with Gasteiger partial charge in [0, 0.05) is 56.6 Å². The van der Waals surface area contributed by atoms with Crippen LogP contribution >= 0.6 is 11.3 Å². The lowest BCUT2D eigenvalue weighted by Crippen LogP contribution is -2.48. The van der Waals surface area contributed by atoms with E-state index in [0.717, 1.165) is 24.7 Å². The summed E-state index contributed by atoms with van der Waals surface area (Å²) in [5.74, 6) is -1.57. The van der Waals surface area contributed by atoms with Gasteiger partial charge in [-0.15, -0.1) is 0 Å². The second-order valence-electron chi connectivity index (χ2n) is 9.31. The van der Waals surface area contributed by atoms with Crippen LogP contribution in [-0.2, 0) is 10.0 Å². The molecule has 204 valence electrons. The van der Waals surface area contributed by atoms with E-state index in [9.17, 15) is 22.0 Å². The molecule has 1 aliphatic rings. The first-order chi connectivity index (χ1) is 18.7. The lowest BCUT2D eigenvalue weighted by Gasteiger charge is -2.34. The van der Waals surface area contributed by atoms with Crippen LogP contribution in [-0.4, -0.2) is 63.5 Å². The zero-order valence-electron chi connectivity index (χ0n) is 21.2. The summed E-state index contributed by atoms with van der Waals surface area (Å²) < 4.78 is 55.9. The summed E-state index contributed by atoms with van der Waals surface area (Å²) in [4.78, 5) is 21.5. The molecule has 39 heavy (non-hydrogen) atoms. The molecule has 0 bridgehead atoms. The Balaban J connectivity index is 1.11. The first-order valence-corrected chi connectivity index (χ1v) is 14.7. The summed E-state index contributed by atoms with van der Waals surface area (Å²) in [7, 11) is -3.77. The van der Waals surface area contributed by atoms with Crippen LogP contribution in [0.25, 0.3) is 10.2 Å². The van der Waals surface area contributed by atoms with Crippen LogP contribution in [0, 0.1) is 18.6 Å². The largest absolute Gasteiger partial charge is 0.351 e. The van der Waals surface area contributed by atoms with Crippen LogP contribution in [0.1, 0.15) is 15.9 Å². The molecule has 12 heteroatoms. The van der Waals surface area contributed by atoms with Crippen molar-refractivity contribution in [1.82, 2.24) is 15.2 Å². The maximum absolute atomic E-state index is 14.0. The number of aromatic nitrogens is 1. The number of halogens is 2. The Labute approximate surface area is 229 Å². The first-order valence-electron chi connectivity index (χ1n) is 12.4. The monoisotopic (exact) mass is 571 g/mol. The number of anilines is 2. The van der Waals surface area contributed by atoms with Crippen molar-refractivity contribution in [2.24, 2.45) is 0 Å². The number of hydrogen-bond donors (Lipinski definition) is 2. The minimum atomic E-state index is -3.77. The zero-order chi connectivity index (χ0) is 27.6. The molecule has 4 aromatic rings. The third-order valence-electron chi connectivity index (χ3n) is 6.47. The number of sulfonamides is 1. The van der Waals surface area contributed by atoms with Crippen LogP contribution in [0.5, 0.6) is 0 Å². The Kier molecular flexibility index (Phi) is 7.78. The predicted molar refractivity (Wildman–Crippen MR) is 149 cm³/mol. The summed E-state index contributed by atoms with van der Waals surface area (Å²) in [6, 6.07) is 15.0. The van der Waals surface area contributed by atoms with Crippen molar-refractivity contribution in [3.8, 4) is 0 Å². The van der Waals surface area contributed by atoms with E-state index in [0.29, 0.717) is 47.3 Å². The zero-order valence-corrected chi connectivity index (χ0v) is 22.8. The topological polar surface area (TPSA) is 94.6 Å². The molecule has 1 saturated heterocycles. The third-order valence-corrected chi connectivity index (χ3v) is 8.93. The van der Waals surface area contributed by atoms with Crippen molar-refractivity contribution in [2.75, 3.05) is 48.9 Å². The number of benzene rings is 3. The summed E-state index contributed by atoms with van der Waals surface area (Å²) in [6.07, 6.45) is 0. The smallest absolute Gasteiger partial charge is 0.261 e. The molecule has 0 spiro atoms. The van der Waals surface area contributed by atoms with Crippen molar-refractivity contribution in [3.05, 3.63) is 83.4 Å². The van der Waals surface area contributed by atoms with E-state index in [-0.39, 0.29) is 16.3 Å². The fourth-order valence-electron chi connectivity index (χ4n) is 4.33. The van der Waals surface area contributed by atoms with Gasteiger partial charge in [-0.1, -0.05) is 35.1 Å². The molecule has 1 aliphatic heterocycles. The average Bonchev–Trinajstić information content (AvgIpc) is 3.34. The predicted octanol–water partition coefficient (Wildman–Crippen LogP) is 4.24. The van der Waals surface area contributed by atoms with Gasteiger partial charge in [0.15, 0.2) is 10.9 Å². The van der Waals surface area contributed by atoms with Gasteiger partial charge in [0.25, 0.3) is 15.9 Å². The van der Waals surface area contributed by atoms with E-state index >= 15 is 0 Å². The number of nitrogens with one attached hydrogen (secondary N) is 2. The normalized spacial score (nSPS) is 14.5. The Morgan fingerprint density at radius 2 is 1.77 bits per heavy atom. The quantitative estimate of drug-likeness (QED) is 0.329. The van der Waals surface area contributed by atoms with Crippen molar-refractivity contribution in [3.63, 3.8) is 0 Å². The van der Waals surface area contributed by atoms with Gasteiger partial charge in [-0.25, -0.2) is 22.2 Å². The number of nitrogens with zero attached hydrogens (tertiary/aromatic N) is 3. The lowest BCUT2D eigenvalue weighted by atomic mass is 10.2. The highest BCUT2D eigenvalue weighted by Gasteiger charge is 2.21. The van der Waals surface area contributed by atoms with E-state index < -0.39 is 21.7 Å². The molecule has 0 saturated carbocycles. The number of rotatable bonds is 8. The van der Waals surface area contributed by atoms with E-state index in [1.165, 1.54) is 35.6 Å². The summed E-state index contributed by atoms with van der Waals surface area (Å²) >= 11 is 1.27. The number of aryl methyl sites for hydroxylation is 1. The van der Waals surface area contributed by atoms with Crippen LogP contribution in [0.2, 0.25) is 0 Å². The SMILES string of the molecule is Cc1ccc(S(=O)(=O)Nc2cccc(C(=O)NCCN3CCN(c4nc5c(F)cc(F)cc5s4)CC3)c2)cc1. The minimum absolute atomic E-state index is 0.146. The lowest BCUT2D eigenvalue weighted by molar-refractivity contribution is 0.0947. The van der Waals surface area contributed by atoms with E-state index in [4.69, 9.17) is 0 Å². The van der Waals surface area contributed by atoms with Crippen LogP contribution in [0.15, 0.2) is 65.6 Å². The molecule has 8 nitrogen and oxygen atoms in total. The van der Waals surface area contributed by atoms with Gasteiger partial charge >= 0.3 is 0 Å². The van der Waals surface area contributed by atoms with Crippen LogP contribution in [0.3, 0.4) is 0 Å². The average molecular weight is 572 g/mol. The first kappa shape index (κ1) is 27.0. The highest BCUT2D eigenvalue weighted by molar-refractivity contribution is 7.92. The fourth-order valence-corrected chi connectivity index (χ4v) is 6.43. The maximum atomic E-state index is 14.0. The second-order valence-corrected chi connectivity index (χ2v) is 12.0. The highest BCUT2D eigenvalue weighted by atomic mass is 32.2. The van der Waals surface area contributed by atoms with Crippen LogP contribution in [0.4, 0.5) is 19.6 Å². The number of thiazole rings is 1. The molecule has 2 N–H and O–H groups in total. The number of piperazine rings is 1. The minimum Gasteiger partial charge on any atom is -0.351 e. The number of hydrogen-bond acceptors (Lipinski definition) is 7. The molecule has 2 heterocycles. The highest BCUT2D eigenvalue weighted by Crippen LogP contribution is 2.31. The Bertz CT molecular complexity index is 1600. The van der Waals surface area contributed by atoms with Crippen LogP contribution < -0.4 is 14.9 Å². The van der Waals surface area contributed by atoms with Crippen molar-refractivity contribution < 1.29 is 22.0 Å². The Morgan fingerprint density at radius 1 is 1.03 bits per heavy atom. The van der Waals surface area contributed by atoms with Gasteiger partial charge in [0.2, 0.25) is 0 Å². The van der Waals surface area contributed by atoms with Gasteiger partial charge in [-0.3, -0.25) is 14.4 Å². The van der Waals surface area contributed by atoms with Crippen molar-refractivity contribution >= 4 is 48.3 Å². The standard InChI is InChI=1S/C27H27F2N5O3S2/c1-18-5-7-22(8-6-18)39(36,37)32-21-4-2-3-19(15-21)26(35)30-9-10-33-11-13-34(14-12-33)27-31-25-23(29)16-20(28)17-24(25)38-27/h2-8,15-17,32H,9-14H2,1H3,(H,30,35). The number of carbonyl (C=O) groups is 1. The van der Waals surface area contributed by atoms with Gasteiger partial charge in [0.1, 0.15) is 11.3 Å². The molecule has 1 fully saturated rings. The van der Waals surface area contributed by atoms with Crippen molar-refractivity contribution in [1.29, 1.82) is 0 Å². The molecule has 0 unspecified atom stereocenters. The molecule has 1 aromatic heterocycles. The second kappa shape index (κ2) is 11.2. The van der Waals surface area contributed by atoms with Gasteiger partial charge in [-0.05, 0) is 43.3 Å². The van der Waals surface area contributed by atoms with E-state index in [1.807, 2.05) is 6.92 Å². The van der Waals surface area contributed by atoms with Gasteiger partial charge in [0.05, 0.1) is 9.60 Å². The molecule has 1 amide bonds. The molecular weight excluding hydrogens is 544 g/mol. The van der Waals surface area contributed by atoms with E-state index in [1.54, 1.807) is 30.3 Å². The van der Waals surface area contributed by atoms with Gasteiger partial charge in [-0.2, -0.15) is 0 Å². The summed E-state index contributed by atoms with van der Waals surface area (Å²) in [5, 5.41) is 3.55. The molecular formula is C27H27F2N5O3S2.